The third-order valence-electron chi connectivity index (χ3n) is 0.349. The fourth-order valence-corrected chi connectivity index (χ4v) is 0.0280. The average Bonchev–Trinajstić information content (AvgIpc) is 1.65. The van der Waals surface area contributed by atoms with Crippen LogP contribution in [0.1, 0.15) is 6.92 Å². The molecule has 2 heteroatoms. The predicted octanol–water partition coefficient (Wildman–Crippen LogP) is 1.06. The first-order chi connectivity index (χ1) is 2.81. The molecule has 0 aromatic heterocycles. The molecule has 0 aromatic rings. The van der Waals surface area contributed by atoms with Crippen LogP contribution in [0.5, 0.6) is 0 Å². The Morgan fingerprint density at radius 1 is 2.00 bits per heavy atom. The van der Waals surface area contributed by atoms with Gasteiger partial charge in [0.15, 0.2) is 0 Å². The highest BCUT2D eigenvalue weighted by atomic mass is 14.6. The Bertz CT molecular complexity index is 123. The topological polar surface area (TPSA) is 28.2 Å². The maximum Gasteiger partial charge on any atom is 0.221 e. The number of nitrogens with one attached hydrogen (secondary N) is 1. The van der Waals surface area contributed by atoms with E-state index < -0.39 is 0 Å². The van der Waals surface area contributed by atoms with Gasteiger partial charge in [0.2, 0.25) is 5.70 Å². The molecule has 30 valence electrons. The summed E-state index contributed by atoms with van der Waals surface area (Å²) in [6.45, 7) is 7.76. The van der Waals surface area contributed by atoms with Crippen LogP contribution in [0.4, 0.5) is 0 Å². The van der Waals surface area contributed by atoms with Gasteiger partial charge in [0, 0.05) is 0 Å². The number of rotatable bonds is 0. The second kappa shape index (κ2) is 2.19. The van der Waals surface area contributed by atoms with Gasteiger partial charge < -0.3 is 0 Å². The molecule has 0 aliphatic rings. The number of hydrogen-bond acceptors (Lipinski definition) is 1. The van der Waals surface area contributed by atoms with Gasteiger partial charge in [0.25, 0.3) is 0 Å². The van der Waals surface area contributed by atoms with Crippen LogP contribution < -0.4 is 0 Å². The summed E-state index contributed by atoms with van der Waals surface area (Å²) in [5, 5.41) is 6.31. The molecule has 0 aromatic carbocycles. The summed E-state index contributed by atoms with van der Waals surface area (Å²) in [6, 6.07) is 0. The third-order valence-corrected chi connectivity index (χ3v) is 0.349. The van der Waals surface area contributed by atoms with Gasteiger partial charge in [0.05, 0.1) is 6.57 Å². The van der Waals surface area contributed by atoms with Gasteiger partial charge in [-0.15, -0.1) is 0 Å². The smallest absolute Gasteiger partial charge is 0.221 e. The lowest BCUT2D eigenvalue weighted by atomic mass is 10.6. The first-order valence-electron chi connectivity index (χ1n) is 1.45. The van der Waals surface area contributed by atoms with Crippen LogP contribution in [0.15, 0.2) is 5.70 Å². The van der Waals surface area contributed by atoms with Crippen molar-refractivity contribution in [3.63, 3.8) is 0 Å². The standard InChI is InChI=1S/C4H4N2/c1-4(3-5)6-2/h5H,1H3. The van der Waals surface area contributed by atoms with E-state index in [0.717, 1.165) is 0 Å². The molecule has 6 heavy (non-hydrogen) atoms. The number of allylic oxidation sites excluding steroid dienone is 1. The molecule has 0 radical (unpaired) electrons. The quantitative estimate of drug-likeness (QED) is 0.333. The first-order valence-corrected chi connectivity index (χ1v) is 1.45. The van der Waals surface area contributed by atoms with Gasteiger partial charge in [-0.25, -0.2) is 4.85 Å². The van der Waals surface area contributed by atoms with Crippen molar-refractivity contribution in [2.45, 2.75) is 6.92 Å². The molecule has 0 bridgehead atoms. The lowest BCUT2D eigenvalue weighted by molar-refractivity contribution is 1.52. The maximum atomic E-state index is 6.31. The molecule has 0 atom stereocenters. The summed E-state index contributed by atoms with van der Waals surface area (Å²) in [4.78, 5) is 2.88. The summed E-state index contributed by atoms with van der Waals surface area (Å²) in [5.41, 5.74) is 0.301. The Morgan fingerprint density at radius 2 is 2.50 bits per heavy atom. The zero-order valence-corrected chi connectivity index (χ0v) is 3.45. The van der Waals surface area contributed by atoms with E-state index in [-0.39, 0.29) is 0 Å². The Kier molecular flexibility index (Phi) is 1.81. The van der Waals surface area contributed by atoms with Crippen molar-refractivity contribution in [3.8, 4) is 0 Å². The highest BCUT2D eigenvalue weighted by Gasteiger charge is 1.71. The SMILES string of the molecule is [C-]#[N+]C(C)=C=N. The van der Waals surface area contributed by atoms with Crippen LogP contribution in [0.25, 0.3) is 4.85 Å². The fourth-order valence-electron chi connectivity index (χ4n) is 0.0280. The van der Waals surface area contributed by atoms with Gasteiger partial charge in [-0.05, 0) is 12.8 Å². The van der Waals surface area contributed by atoms with Crippen LogP contribution >= 0.6 is 0 Å². The van der Waals surface area contributed by atoms with E-state index in [0.29, 0.717) is 5.70 Å². The van der Waals surface area contributed by atoms with Gasteiger partial charge in [-0.1, -0.05) is 0 Å². The number of nitrogens with zero attached hydrogens (tertiary/aromatic N) is 1. The second-order valence-corrected chi connectivity index (χ2v) is 0.822. The van der Waals surface area contributed by atoms with Gasteiger partial charge in [0.1, 0.15) is 0 Å². The third kappa shape index (κ3) is 1.28. The van der Waals surface area contributed by atoms with Gasteiger partial charge in [-0.3, -0.25) is 5.41 Å². The van der Waals surface area contributed by atoms with Crippen LogP contribution in [0.2, 0.25) is 0 Å². The van der Waals surface area contributed by atoms with Crippen LogP contribution in [0.3, 0.4) is 0 Å². The minimum atomic E-state index is 0.301. The summed E-state index contributed by atoms with van der Waals surface area (Å²) in [7, 11) is 0. The molecule has 0 heterocycles. The lowest BCUT2D eigenvalue weighted by Gasteiger charge is -1.63. The lowest BCUT2D eigenvalue weighted by Crippen LogP contribution is -1.56. The molecular formula is C4H4N2. The van der Waals surface area contributed by atoms with Crippen LogP contribution in [-0.4, -0.2) is 5.87 Å². The van der Waals surface area contributed by atoms with E-state index in [4.69, 9.17) is 12.0 Å². The highest BCUT2D eigenvalue weighted by Crippen LogP contribution is 1.80. The van der Waals surface area contributed by atoms with Gasteiger partial charge in [-0.2, -0.15) is 0 Å². The van der Waals surface area contributed by atoms with Crippen molar-refractivity contribution >= 4 is 5.87 Å². The largest absolute Gasteiger partial charge is 0.272 e. The zero-order chi connectivity index (χ0) is 4.99. The molecule has 0 fully saturated rings. The molecule has 0 amide bonds. The summed E-state index contributed by atoms with van der Waals surface area (Å²) in [5.74, 6) is 1.93. The van der Waals surface area contributed by atoms with E-state index >= 15 is 0 Å². The fraction of sp³-hybridized carbons (Fsp3) is 0.250. The van der Waals surface area contributed by atoms with Crippen LogP contribution in [0, 0.1) is 12.0 Å². The first kappa shape index (κ1) is 4.94. The molecule has 0 spiro atoms. The molecule has 0 saturated heterocycles. The minimum Gasteiger partial charge on any atom is -0.272 e. The molecule has 0 unspecified atom stereocenters. The van der Waals surface area contributed by atoms with Crippen LogP contribution in [-0.2, 0) is 0 Å². The number of hydrogen-bond donors (Lipinski definition) is 1. The Balaban J connectivity index is 3.99. The molecule has 2 nitrogen and oxygen atoms in total. The molecule has 0 aliphatic heterocycles. The second-order valence-electron chi connectivity index (χ2n) is 0.822. The summed E-state index contributed by atoms with van der Waals surface area (Å²) >= 11 is 0. The Morgan fingerprint density at radius 3 is 2.50 bits per heavy atom. The zero-order valence-electron chi connectivity index (χ0n) is 3.45. The maximum absolute atomic E-state index is 6.31. The molecular weight excluding hydrogens is 76.1 g/mol. The van der Waals surface area contributed by atoms with E-state index in [2.05, 4.69) is 4.85 Å². The predicted molar refractivity (Wildman–Crippen MR) is 23.5 cm³/mol. The molecule has 1 N–H and O–H groups in total. The van der Waals surface area contributed by atoms with Crippen molar-refractivity contribution in [3.05, 3.63) is 17.1 Å². The van der Waals surface area contributed by atoms with Crippen molar-refractivity contribution < 1.29 is 0 Å². The monoisotopic (exact) mass is 80.0 g/mol. The molecule has 0 rings (SSSR count). The van der Waals surface area contributed by atoms with Crippen molar-refractivity contribution in [2.75, 3.05) is 0 Å². The molecule has 0 aliphatic carbocycles. The van der Waals surface area contributed by atoms with E-state index in [1.807, 2.05) is 5.87 Å². The van der Waals surface area contributed by atoms with Crippen molar-refractivity contribution in [2.24, 2.45) is 0 Å². The summed E-state index contributed by atoms with van der Waals surface area (Å²) in [6.07, 6.45) is 0. The van der Waals surface area contributed by atoms with Crippen molar-refractivity contribution in [1.29, 1.82) is 5.41 Å². The Labute approximate surface area is 36.4 Å². The summed E-state index contributed by atoms with van der Waals surface area (Å²) < 4.78 is 0. The minimum absolute atomic E-state index is 0.301. The van der Waals surface area contributed by atoms with E-state index in [1.54, 1.807) is 6.92 Å². The van der Waals surface area contributed by atoms with E-state index in [9.17, 15) is 0 Å². The highest BCUT2D eigenvalue weighted by molar-refractivity contribution is 5.55. The molecule has 0 saturated carbocycles. The Hall–Kier alpha value is -1.06. The van der Waals surface area contributed by atoms with Gasteiger partial charge >= 0.3 is 0 Å². The average molecular weight is 80.1 g/mol. The van der Waals surface area contributed by atoms with Crippen molar-refractivity contribution in [1.82, 2.24) is 0 Å². The van der Waals surface area contributed by atoms with E-state index in [1.165, 1.54) is 0 Å². The normalized spacial score (nSPS) is 5.33.